The Morgan fingerprint density at radius 2 is 1.96 bits per heavy atom. The van der Waals surface area contributed by atoms with Gasteiger partial charge < -0.3 is 10.4 Å². The minimum absolute atomic E-state index is 0.00443. The van der Waals surface area contributed by atoms with Crippen molar-refractivity contribution in [2.75, 3.05) is 13.1 Å². The van der Waals surface area contributed by atoms with Crippen LogP contribution in [0.5, 0.6) is 0 Å². The number of halogens is 1. The van der Waals surface area contributed by atoms with E-state index in [1.807, 2.05) is 0 Å². The lowest BCUT2D eigenvalue weighted by atomic mass is 10.2. The highest BCUT2D eigenvalue weighted by molar-refractivity contribution is 8.26. The Morgan fingerprint density at radius 1 is 1.27 bits per heavy atom. The molecule has 2 N–H and O–H groups in total. The number of benzene rings is 1. The molecule has 0 radical (unpaired) electrons. The van der Waals surface area contributed by atoms with E-state index in [0.29, 0.717) is 27.2 Å². The van der Waals surface area contributed by atoms with Gasteiger partial charge in [0.05, 0.1) is 4.91 Å². The van der Waals surface area contributed by atoms with E-state index in [1.165, 1.54) is 16.7 Å². The van der Waals surface area contributed by atoms with Gasteiger partial charge in [-0.1, -0.05) is 47.7 Å². The van der Waals surface area contributed by atoms with E-state index in [9.17, 15) is 14.4 Å². The summed E-state index contributed by atoms with van der Waals surface area (Å²) < 4.78 is 0.411. The van der Waals surface area contributed by atoms with Crippen LogP contribution in [0.1, 0.15) is 24.8 Å². The molecular weight excluding hydrogens is 396 g/mol. The molecule has 1 saturated heterocycles. The third kappa shape index (κ3) is 6.12. The lowest BCUT2D eigenvalue weighted by Crippen LogP contribution is -2.33. The summed E-state index contributed by atoms with van der Waals surface area (Å²) in [6, 6.07) is 7.09. The van der Waals surface area contributed by atoms with Crippen molar-refractivity contribution >= 4 is 63.8 Å². The number of hydrogen-bond acceptors (Lipinski definition) is 5. The highest BCUT2D eigenvalue weighted by Gasteiger charge is 2.31. The van der Waals surface area contributed by atoms with Gasteiger partial charge >= 0.3 is 5.97 Å². The summed E-state index contributed by atoms with van der Waals surface area (Å²) >= 11 is 12.3. The minimum atomic E-state index is -0.899. The highest BCUT2D eigenvalue weighted by atomic mass is 35.5. The third-order valence-electron chi connectivity index (χ3n) is 3.49. The SMILES string of the molecule is O=C(O)CCCNC(=O)CCN1C(=O)/C(=C/c2ccc(Cl)cc2)SC1=S. The maximum atomic E-state index is 12.5. The van der Waals surface area contributed by atoms with E-state index in [2.05, 4.69) is 5.32 Å². The molecule has 0 aliphatic carbocycles. The fraction of sp³-hybridized carbons (Fsp3) is 0.294. The number of nitrogens with zero attached hydrogens (tertiary/aromatic N) is 1. The number of aliphatic carboxylic acids is 1. The van der Waals surface area contributed by atoms with Gasteiger partial charge in [0.1, 0.15) is 4.32 Å². The van der Waals surface area contributed by atoms with Crippen molar-refractivity contribution in [3.8, 4) is 0 Å². The number of carboxylic acid groups (broad SMARTS) is 1. The van der Waals surface area contributed by atoms with Crippen molar-refractivity contribution in [2.45, 2.75) is 19.3 Å². The first-order valence-corrected chi connectivity index (χ1v) is 9.46. The Labute approximate surface area is 165 Å². The average molecular weight is 413 g/mol. The summed E-state index contributed by atoms with van der Waals surface area (Å²) in [7, 11) is 0. The third-order valence-corrected chi connectivity index (χ3v) is 5.12. The summed E-state index contributed by atoms with van der Waals surface area (Å²) in [5.41, 5.74) is 0.839. The monoisotopic (exact) mass is 412 g/mol. The molecule has 0 bridgehead atoms. The molecule has 1 aliphatic rings. The quantitative estimate of drug-likeness (QED) is 0.388. The number of carbonyl (C=O) groups excluding carboxylic acids is 2. The smallest absolute Gasteiger partial charge is 0.303 e. The summed E-state index contributed by atoms with van der Waals surface area (Å²) in [4.78, 5) is 36.6. The van der Waals surface area contributed by atoms with Crippen molar-refractivity contribution in [3.63, 3.8) is 0 Å². The number of hydrogen-bond donors (Lipinski definition) is 2. The van der Waals surface area contributed by atoms with Gasteiger partial charge in [0.2, 0.25) is 5.91 Å². The van der Waals surface area contributed by atoms with Crippen LogP contribution in [-0.2, 0) is 14.4 Å². The van der Waals surface area contributed by atoms with Crippen LogP contribution in [0.3, 0.4) is 0 Å². The average Bonchev–Trinajstić information content (AvgIpc) is 2.85. The van der Waals surface area contributed by atoms with Crippen LogP contribution < -0.4 is 5.32 Å². The normalized spacial score (nSPS) is 15.6. The molecule has 26 heavy (non-hydrogen) atoms. The van der Waals surface area contributed by atoms with Crippen molar-refractivity contribution in [1.29, 1.82) is 0 Å². The van der Waals surface area contributed by atoms with E-state index in [1.54, 1.807) is 30.3 Å². The van der Waals surface area contributed by atoms with Crippen LogP contribution in [0.25, 0.3) is 6.08 Å². The molecule has 6 nitrogen and oxygen atoms in total. The molecule has 0 unspecified atom stereocenters. The van der Waals surface area contributed by atoms with Crippen molar-refractivity contribution < 1.29 is 19.5 Å². The minimum Gasteiger partial charge on any atom is -0.481 e. The number of rotatable bonds is 8. The summed E-state index contributed by atoms with van der Waals surface area (Å²) in [6.45, 7) is 0.480. The van der Waals surface area contributed by atoms with E-state index < -0.39 is 5.97 Å². The summed E-state index contributed by atoms with van der Waals surface area (Å²) in [5, 5.41) is 11.8. The lowest BCUT2D eigenvalue weighted by Gasteiger charge is -2.14. The Kier molecular flexibility index (Phi) is 7.62. The Hall–Kier alpha value is -1.90. The second-order valence-electron chi connectivity index (χ2n) is 5.48. The van der Waals surface area contributed by atoms with Crippen LogP contribution in [0.15, 0.2) is 29.2 Å². The molecule has 0 spiro atoms. The van der Waals surface area contributed by atoms with Gasteiger partial charge in [-0.2, -0.15) is 0 Å². The highest BCUT2D eigenvalue weighted by Crippen LogP contribution is 2.32. The maximum absolute atomic E-state index is 12.5. The maximum Gasteiger partial charge on any atom is 0.303 e. The van der Waals surface area contributed by atoms with Crippen molar-refractivity contribution in [3.05, 3.63) is 39.8 Å². The first-order valence-electron chi connectivity index (χ1n) is 7.86. The predicted octanol–water partition coefficient (Wildman–Crippen LogP) is 2.91. The zero-order valence-corrected chi connectivity index (χ0v) is 16.1. The zero-order valence-electron chi connectivity index (χ0n) is 13.7. The molecule has 2 amide bonds. The molecule has 9 heteroatoms. The van der Waals surface area contributed by atoms with Crippen LogP contribution in [0.4, 0.5) is 0 Å². The summed E-state index contributed by atoms with van der Waals surface area (Å²) in [6.07, 6.45) is 2.21. The molecule has 0 atom stereocenters. The molecule has 1 heterocycles. The number of carboxylic acids is 1. The molecule has 138 valence electrons. The van der Waals surface area contributed by atoms with E-state index >= 15 is 0 Å². The molecule has 1 aromatic carbocycles. The first-order chi connectivity index (χ1) is 12.4. The first kappa shape index (κ1) is 20.4. The van der Waals surface area contributed by atoms with Gasteiger partial charge in [0.15, 0.2) is 0 Å². The summed E-state index contributed by atoms with van der Waals surface area (Å²) in [5.74, 6) is -1.37. The Bertz CT molecular complexity index is 750. The number of amides is 2. The Morgan fingerprint density at radius 3 is 2.62 bits per heavy atom. The van der Waals surface area contributed by atoms with Gasteiger partial charge in [0, 0.05) is 31.0 Å². The molecule has 1 aliphatic heterocycles. The molecule has 0 saturated carbocycles. The van der Waals surface area contributed by atoms with Gasteiger partial charge in [-0.25, -0.2) is 0 Å². The molecule has 1 aromatic rings. The fourth-order valence-electron chi connectivity index (χ4n) is 2.17. The standard InChI is InChI=1S/C17H17ClN2O4S2/c18-12-5-3-11(4-6-12)10-13-16(24)20(17(25)26-13)9-7-14(21)19-8-1-2-15(22)23/h3-6,10H,1-2,7-9H2,(H,19,21)(H,22,23)/b13-10-. The number of thiocarbonyl (C=S) groups is 1. The van der Waals surface area contributed by atoms with Crippen LogP contribution >= 0.6 is 35.6 Å². The zero-order chi connectivity index (χ0) is 19.1. The fourth-order valence-corrected chi connectivity index (χ4v) is 3.61. The number of carbonyl (C=O) groups is 3. The number of nitrogens with one attached hydrogen (secondary N) is 1. The second-order valence-corrected chi connectivity index (χ2v) is 7.59. The van der Waals surface area contributed by atoms with Gasteiger partial charge in [-0.15, -0.1) is 0 Å². The number of thioether (sulfide) groups is 1. The molecule has 2 rings (SSSR count). The van der Waals surface area contributed by atoms with E-state index in [-0.39, 0.29) is 31.2 Å². The van der Waals surface area contributed by atoms with Crippen LogP contribution in [0.2, 0.25) is 5.02 Å². The second kappa shape index (κ2) is 9.70. The molecule has 0 aromatic heterocycles. The molecular formula is C17H17ClN2O4S2. The molecule has 1 fully saturated rings. The largest absolute Gasteiger partial charge is 0.481 e. The van der Waals surface area contributed by atoms with Crippen LogP contribution in [-0.4, -0.2) is 45.2 Å². The van der Waals surface area contributed by atoms with Crippen LogP contribution in [0, 0.1) is 0 Å². The van der Waals surface area contributed by atoms with E-state index in [4.69, 9.17) is 28.9 Å². The topological polar surface area (TPSA) is 86.7 Å². The predicted molar refractivity (Wildman–Crippen MR) is 106 cm³/mol. The van der Waals surface area contributed by atoms with Crippen molar-refractivity contribution in [2.24, 2.45) is 0 Å². The van der Waals surface area contributed by atoms with Crippen molar-refractivity contribution in [1.82, 2.24) is 10.2 Å². The lowest BCUT2D eigenvalue weighted by molar-refractivity contribution is -0.137. The van der Waals surface area contributed by atoms with Gasteiger partial charge in [-0.3, -0.25) is 19.3 Å². The van der Waals surface area contributed by atoms with E-state index in [0.717, 1.165) is 5.56 Å². The van der Waals surface area contributed by atoms with Gasteiger partial charge in [-0.05, 0) is 30.2 Å². The van der Waals surface area contributed by atoms with Gasteiger partial charge in [0.25, 0.3) is 5.91 Å². The Balaban J connectivity index is 1.85.